The predicted octanol–water partition coefficient (Wildman–Crippen LogP) is 2.27. The van der Waals surface area contributed by atoms with Crippen LogP contribution in [0.4, 0.5) is 13.2 Å². The summed E-state index contributed by atoms with van der Waals surface area (Å²) in [5, 5.41) is 0. The Hall–Kier alpha value is -1.79. The number of rotatable bonds is 5. The van der Waals surface area contributed by atoms with Gasteiger partial charge in [-0.05, 0) is 18.6 Å². The monoisotopic (exact) mass is 263 g/mol. The molecular weight excluding hydrogens is 251 g/mol. The van der Waals surface area contributed by atoms with E-state index in [9.17, 15) is 18.0 Å². The van der Waals surface area contributed by atoms with Gasteiger partial charge in [0, 0.05) is 0 Å². The number of carbonyl (C=O) groups excluding carboxylic acids is 1. The van der Waals surface area contributed by atoms with E-state index in [1.54, 1.807) is 6.92 Å². The first-order chi connectivity index (χ1) is 8.49. The van der Waals surface area contributed by atoms with Crippen LogP contribution in [0.2, 0.25) is 0 Å². The quantitative estimate of drug-likeness (QED) is 0.604. The van der Waals surface area contributed by atoms with Crippen LogP contribution < -0.4 is 4.74 Å². The number of ether oxygens (including phenoxy) is 2. The van der Waals surface area contributed by atoms with E-state index in [2.05, 4.69) is 14.5 Å². The van der Waals surface area contributed by atoms with Crippen molar-refractivity contribution >= 4 is 5.97 Å². The first-order valence-corrected chi connectivity index (χ1v) is 5.16. The van der Waals surface area contributed by atoms with E-state index >= 15 is 0 Å². The molecule has 0 aliphatic rings. The lowest BCUT2D eigenvalue weighted by atomic mass is 10.1. The van der Waals surface area contributed by atoms with Crippen molar-refractivity contribution in [1.29, 1.82) is 0 Å². The van der Waals surface area contributed by atoms with Gasteiger partial charge in [-0.2, -0.15) is 4.39 Å². The Morgan fingerprint density at radius 2 is 2.17 bits per heavy atom. The van der Waals surface area contributed by atoms with Crippen LogP contribution in [-0.2, 0) is 16.0 Å². The molecule has 1 aromatic heterocycles. The van der Waals surface area contributed by atoms with Crippen LogP contribution >= 0.6 is 0 Å². The molecule has 100 valence electrons. The number of hydrogen-bond donors (Lipinski definition) is 0. The van der Waals surface area contributed by atoms with Gasteiger partial charge in [0.05, 0.1) is 20.1 Å². The molecule has 0 saturated heterocycles. The highest BCUT2D eigenvalue weighted by atomic mass is 19.3. The van der Waals surface area contributed by atoms with Crippen molar-refractivity contribution in [2.24, 2.45) is 0 Å². The SMILES string of the molecule is CCOC(=O)Cc1cc(OC)c(F)nc1C(F)F. The van der Waals surface area contributed by atoms with Crippen LogP contribution in [0.5, 0.6) is 5.75 Å². The smallest absolute Gasteiger partial charge is 0.310 e. The number of hydrogen-bond acceptors (Lipinski definition) is 4. The van der Waals surface area contributed by atoms with Gasteiger partial charge in [-0.1, -0.05) is 0 Å². The van der Waals surface area contributed by atoms with E-state index in [4.69, 9.17) is 0 Å². The average molecular weight is 263 g/mol. The molecule has 1 heterocycles. The van der Waals surface area contributed by atoms with E-state index in [1.807, 2.05) is 0 Å². The average Bonchev–Trinajstić information content (AvgIpc) is 2.30. The number of esters is 1. The van der Waals surface area contributed by atoms with Crippen LogP contribution in [0, 0.1) is 5.95 Å². The van der Waals surface area contributed by atoms with Crippen molar-refractivity contribution in [2.45, 2.75) is 19.8 Å². The normalized spacial score (nSPS) is 10.6. The van der Waals surface area contributed by atoms with Gasteiger partial charge in [0.1, 0.15) is 5.69 Å². The lowest BCUT2D eigenvalue weighted by molar-refractivity contribution is -0.142. The summed E-state index contributed by atoms with van der Waals surface area (Å²) >= 11 is 0. The van der Waals surface area contributed by atoms with Gasteiger partial charge in [-0.3, -0.25) is 4.79 Å². The minimum absolute atomic E-state index is 0.110. The standard InChI is InChI=1S/C11H12F3NO3/c1-3-18-8(16)5-6-4-7(17-2)11(14)15-9(6)10(12)13/h4,10H,3,5H2,1-2H3. The maximum Gasteiger partial charge on any atom is 0.310 e. The highest BCUT2D eigenvalue weighted by Gasteiger charge is 2.21. The summed E-state index contributed by atoms with van der Waals surface area (Å²) in [6.07, 6.45) is -3.38. The zero-order chi connectivity index (χ0) is 13.7. The van der Waals surface area contributed by atoms with Crippen LogP contribution in [-0.4, -0.2) is 24.7 Å². The Morgan fingerprint density at radius 3 is 2.67 bits per heavy atom. The number of pyridine rings is 1. The minimum atomic E-state index is -2.98. The molecule has 0 spiro atoms. The van der Waals surface area contributed by atoms with E-state index in [0.29, 0.717) is 0 Å². The molecule has 0 fully saturated rings. The lowest BCUT2D eigenvalue weighted by Gasteiger charge is -2.10. The van der Waals surface area contributed by atoms with Gasteiger partial charge in [0.15, 0.2) is 5.75 Å². The molecule has 4 nitrogen and oxygen atoms in total. The lowest BCUT2D eigenvalue weighted by Crippen LogP contribution is -2.11. The zero-order valence-electron chi connectivity index (χ0n) is 9.87. The Morgan fingerprint density at radius 1 is 1.50 bits per heavy atom. The molecular formula is C11H12F3NO3. The first kappa shape index (κ1) is 14.3. The molecule has 0 saturated carbocycles. The zero-order valence-corrected chi connectivity index (χ0v) is 9.87. The third-order valence-corrected chi connectivity index (χ3v) is 2.12. The number of nitrogens with zero attached hydrogens (tertiary/aromatic N) is 1. The fourth-order valence-electron chi connectivity index (χ4n) is 1.37. The van der Waals surface area contributed by atoms with Crippen LogP contribution in [0.25, 0.3) is 0 Å². The van der Waals surface area contributed by atoms with Crippen LogP contribution in [0.3, 0.4) is 0 Å². The predicted molar refractivity (Wildman–Crippen MR) is 56.0 cm³/mol. The number of methoxy groups -OCH3 is 1. The van der Waals surface area contributed by atoms with E-state index in [0.717, 1.165) is 6.07 Å². The number of halogens is 3. The van der Waals surface area contributed by atoms with Crippen molar-refractivity contribution in [3.63, 3.8) is 0 Å². The second-order valence-corrected chi connectivity index (χ2v) is 3.31. The fraction of sp³-hybridized carbons (Fsp3) is 0.455. The molecule has 0 unspecified atom stereocenters. The van der Waals surface area contributed by atoms with Gasteiger partial charge in [-0.25, -0.2) is 13.8 Å². The van der Waals surface area contributed by atoms with E-state index < -0.39 is 30.5 Å². The molecule has 0 aliphatic heterocycles. The largest absolute Gasteiger partial charge is 0.492 e. The summed E-state index contributed by atoms with van der Waals surface area (Å²) in [6, 6.07) is 1.03. The van der Waals surface area contributed by atoms with Gasteiger partial charge >= 0.3 is 5.97 Å². The summed E-state index contributed by atoms with van der Waals surface area (Å²) in [5.74, 6) is -2.12. The molecule has 1 rings (SSSR count). The van der Waals surface area contributed by atoms with Crippen molar-refractivity contribution in [1.82, 2.24) is 4.98 Å². The Bertz CT molecular complexity index is 438. The number of aromatic nitrogens is 1. The first-order valence-electron chi connectivity index (χ1n) is 5.16. The highest BCUT2D eigenvalue weighted by molar-refractivity contribution is 5.73. The highest BCUT2D eigenvalue weighted by Crippen LogP contribution is 2.26. The van der Waals surface area contributed by atoms with E-state index in [1.165, 1.54) is 7.11 Å². The van der Waals surface area contributed by atoms with Crippen molar-refractivity contribution in [3.05, 3.63) is 23.3 Å². The number of carbonyl (C=O) groups is 1. The molecule has 0 aromatic carbocycles. The topological polar surface area (TPSA) is 48.4 Å². The molecule has 0 radical (unpaired) electrons. The number of alkyl halides is 2. The maximum atomic E-state index is 13.2. The summed E-state index contributed by atoms with van der Waals surface area (Å²) < 4.78 is 47.8. The summed E-state index contributed by atoms with van der Waals surface area (Å²) in [5.41, 5.74) is -0.886. The fourth-order valence-corrected chi connectivity index (χ4v) is 1.37. The molecule has 0 bridgehead atoms. The van der Waals surface area contributed by atoms with Crippen molar-refractivity contribution < 1.29 is 27.4 Å². The summed E-state index contributed by atoms with van der Waals surface area (Å²) in [7, 11) is 1.18. The van der Waals surface area contributed by atoms with Crippen molar-refractivity contribution in [2.75, 3.05) is 13.7 Å². The Balaban J connectivity index is 3.10. The van der Waals surface area contributed by atoms with Crippen LogP contribution in [0.15, 0.2) is 6.07 Å². The summed E-state index contributed by atoms with van der Waals surface area (Å²) in [4.78, 5) is 14.3. The van der Waals surface area contributed by atoms with E-state index in [-0.39, 0.29) is 17.9 Å². The third-order valence-electron chi connectivity index (χ3n) is 2.12. The molecule has 0 amide bonds. The second-order valence-electron chi connectivity index (χ2n) is 3.31. The minimum Gasteiger partial charge on any atom is -0.492 e. The van der Waals surface area contributed by atoms with Gasteiger partial charge < -0.3 is 9.47 Å². The van der Waals surface area contributed by atoms with Crippen molar-refractivity contribution in [3.8, 4) is 5.75 Å². The third kappa shape index (κ3) is 3.35. The Kier molecular flexibility index (Phi) is 4.94. The van der Waals surface area contributed by atoms with Gasteiger partial charge in [-0.15, -0.1) is 0 Å². The molecule has 7 heteroatoms. The van der Waals surface area contributed by atoms with Gasteiger partial charge in [0.2, 0.25) is 0 Å². The summed E-state index contributed by atoms with van der Waals surface area (Å²) in [6.45, 7) is 1.73. The molecule has 18 heavy (non-hydrogen) atoms. The second kappa shape index (κ2) is 6.23. The molecule has 0 aliphatic carbocycles. The van der Waals surface area contributed by atoms with Crippen LogP contribution in [0.1, 0.15) is 24.6 Å². The maximum absolute atomic E-state index is 13.2. The Labute approximate surface area is 102 Å². The molecule has 0 atom stereocenters. The molecule has 1 aromatic rings. The molecule has 0 N–H and O–H groups in total. The van der Waals surface area contributed by atoms with Gasteiger partial charge in [0.25, 0.3) is 12.4 Å².